The number of hydrogen-bond donors (Lipinski definition) is 1. The summed E-state index contributed by atoms with van der Waals surface area (Å²) in [4.78, 5) is 13.6. The molecule has 1 fully saturated rings. The zero-order chi connectivity index (χ0) is 14.3. The van der Waals surface area contributed by atoms with Crippen molar-refractivity contribution < 1.29 is 13.2 Å². The summed E-state index contributed by atoms with van der Waals surface area (Å²) in [6.45, 7) is 0.636. The van der Waals surface area contributed by atoms with Gasteiger partial charge < -0.3 is 10.2 Å². The predicted octanol–water partition coefficient (Wildman–Crippen LogP) is 0.725. The van der Waals surface area contributed by atoms with Gasteiger partial charge in [0.15, 0.2) is 9.84 Å². The zero-order valence-corrected chi connectivity index (χ0v) is 12.2. The molecule has 20 heavy (non-hydrogen) atoms. The summed E-state index contributed by atoms with van der Waals surface area (Å²) in [6.07, 6.45) is 1.29. The molecule has 1 aromatic carbocycles. The number of nitrogens with zero attached hydrogens (tertiary/aromatic N) is 1. The van der Waals surface area contributed by atoms with Gasteiger partial charge in [-0.3, -0.25) is 4.79 Å². The molecule has 2 aliphatic rings. The van der Waals surface area contributed by atoms with Crippen molar-refractivity contribution in [3.05, 3.63) is 29.8 Å². The second kappa shape index (κ2) is 4.86. The average molecular weight is 294 g/mol. The maximum atomic E-state index is 12.1. The van der Waals surface area contributed by atoms with E-state index < -0.39 is 9.84 Å². The largest absolute Gasteiger partial charge is 0.344 e. The molecule has 5 nitrogen and oxygen atoms in total. The van der Waals surface area contributed by atoms with Crippen LogP contribution in [0.1, 0.15) is 24.4 Å². The van der Waals surface area contributed by atoms with Crippen molar-refractivity contribution in [2.75, 3.05) is 19.3 Å². The van der Waals surface area contributed by atoms with E-state index in [4.69, 9.17) is 0 Å². The Hall–Kier alpha value is -1.40. The van der Waals surface area contributed by atoms with E-state index in [2.05, 4.69) is 5.32 Å². The number of amides is 1. The zero-order valence-electron chi connectivity index (χ0n) is 11.4. The fraction of sp³-hybridized carbons (Fsp3) is 0.500. The molecule has 1 amide bonds. The third-order valence-corrected chi connectivity index (χ3v) is 5.89. The first-order chi connectivity index (χ1) is 9.47. The summed E-state index contributed by atoms with van der Waals surface area (Å²) >= 11 is 0. The van der Waals surface area contributed by atoms with Crippen LogP contribution in [-0.2, 0) is 14.6 Å². The first-order valence-electron chi connectivity index (χ1n) is 6.79. The molecule has 0 saturated carbocycles. The molecule has 2 heterocycles. The summed E-state index contributed by atoms with van der Waals surface area (Å²) in [5.74, 6) is 0.267. The van der Waals surface area contributed by atoms with Crippen molar-refractivity contribution in [1.82, 2.24) is 10.2 Å². The van der Waals surface area contributed by atoms with Gasteiger partial charge in [0.25, 0.3) is 0 Å². The highest BCUT2D eigenvalue weighted by Gasteiger charge is 2.36. The smallest absolute Gasteiger partial charge is 0.222 e. The summed E-state index contributed by atoms with van der Waals surface area (Å²) < 4.78 is 24.2. The number of rotatable bonds is 2. The minimum atomic E-state index is -3.17. The van der Waals surface area contributed by atoms with Gasteiger partial charge in [-0.15, -0.1) is 0 Å². The summed E-state index contributed by atoms with van der Waals surface area (Å²) in [5.41, 5.74) is 0.854. The van der Waals surface area contributed by atoms with Crippen molar-refractivity contribution in [2.45, 2.75) is 29.8 Å². The van der Waals surface area contributed by atoms with Gasteiger partial charge in [0.1, 0.15) is 0 Å². The van der Waals surface area contributed by atoms with Gasteiger partial charge in [-0.05, 0) is 18.1 Å². The van der Waals surface area contributed by atoms with Crippen LogP contribution in [0.5, 0.6) is 0 Å². The Kier molecular flexibility index (Phi) is 3.30. The highest BCUT2D eigenvalue weighted by molar-refractivity contribution is 7.91. The number of sulfone groups is 1. The van der Waals surface area contributed by atoms with E-state index in [1.165, 1.54) is 0 Å². The fourth-order valence-electron chi connectivity index (χ4n) is 3.02. The summed E-state index contributed by atoms with van der Waals surface area (Å²) in [6, 6.07) is 7.15. The Balaban J connectivity index is 1.79. The van der Waals surface area contributed by atoms with Crippen LogP contribution in [0.4, 0.5) is 0 Å². The second-order valence-electron chi connectivity index (χ2n) is 5.55. The van der Waals surface area contributed by atoms with Gasteiger partial charge in [0.2, 0.25) is 5.91 Å². The number of hydrogen-bond acceptors (Lipinski definition) is 4. The lowest BCUT2D eigenvalue weighted by atomic mass is 10.0. The highest BCUT2D eigenvalue weighted by Crippen LogP contribution is 2.33. The minimum Gasteiger partial charge on any atom is -0.344 e. The molecule has 108 valence electrons. The molecule has 1 saturated heterocycles. The maximum absolute atomic E-state index is 12.1. The first-order valence-corrected chi connectivity index (χ1v) is 8.44. The number of likely N-dealkylation sites (N-methyl/N-ethyl adjacent to an activating group) is 1. The maximum Gasteiger partial charge on any atom is 0.222 e. The van der Waals surface area contributed by atoms with Crippen LogP contribution < -0.4 is 5.32 Å². The van der Waals surface area contributed by atoms with Crippen LogP contribution in [0.25, 0.3) is 0 Å². The lowest BCUT2D eigenvalue weighted by Crippen LogP contribution is -2.47. The van der Waals surface area contributed by atoms with Gasteiger partial charge in [-0.1, -0.05) is 18.2 Å². The average Bonchev–Trinajstić information content (AvgIpc) is 2.66. The molecule has 3 rings (SSSR count). The molecule has 6 heteroatoms. The standard InChI is InChI=1S/C14H18N2O3S/c1-16-8-10(6-7-14(16)17)15-12-9-20(18,19)13-5-3-2-4-11(12)13/h2-5,10,12,15H,6-9H2,1H3. The van der Waals surface area contributed by atoms with Crippen LogP contribution in [0.15, 0.2) is 29.2 Å². The van der Waals surface area contributed by atoms with Gasteiger partial charge in [-0.2, -0.15) is 0 Å². The number of likely N-dealkylation sites (tertiary alicyclic amines) is 1. The monoisotopic (exact) mass is 294 g/mol. The molecule has 0 bridgehead atoms. The normalized spacial score (nSPS) is 28.4. The first kappa shape index (κ1) is 13.6. The number of fused-ring (bicyclic) bond motifs is 1. The number of piperidine rings is 1. The van der Waals surface area contributed by atoms with Crippen molar-refractivity contribution in [3.8, 4) is 0 Å². The Morgan fingerprint density at radius 3 is 2.80 bits per heavy atom. The SMILES string of the molecule is CN1CC(NC2CS(=O)(=O)c3ccccc32)CCC1=O. The van der Waals surface area contributed by atoms with Crippen LogP contribution in [0, 0.1) is 0 Å². The molecule has 2 aliphatic heterocycles. The number of carbonyl (C=O) groups excluding carboxylic acids is 1. The third kappa shape index (κ3) is 2.33. The van der Waals surface area contributed by atoms with E-state index in [0.29, 0.717) is 17.9 Å². The quantitative estimate of drug-likeness (QED) is 0.873. The van der Waals surface area contributed by atoms with Crippen LogP contribution in [-0.4, -0.2) is 44.6 Å². The van der Waals surface area contributed by atoms with Crippen LogP contribution in [0.2, 0.25) is 0 Å². The number of carbonyl (C=O) groups is 1. The second-order valence-corrected chi connectivity index (χ2v) is 7.55. The van der Waals surface area contributed by atoms with Crippen LogP contribution in [0.3, 0.4) is 0 Å². The lowest BCUT2D eigenvalue weighted by molar-refractivity contribution is -0.132. The van der Waals surface area contributed by atoms with Crippen LogP contribution >= 0.6 is 0 Å². The number of nitrogens with one attached hydrogen (secondary N) is 1. The van der Waals surface area contributed by atoms with E-state index in [1.54, 1.807) is 24.1 Å². The Bertz CT molecular complexity index is 642. The van der Waals surface area contributed by atoms with Gasteiger partial charge in [0, 0.05) is 32.1 Å². The van der Waals surface area contributed by atoms with E-state index in [9.17, 15) is 13.2 Å². The molecule has 2 unspecified atom stereocenters. The Morgan fingerprint density at radius 1 is 1.30 bits per heavy atom. The van der Waals surface area contributed by atoms with Gasteiger partial charge in [-0.25, -0.2) is 8.42 Å². The Morgan fingerprint density at radius 2 is 2.05 bits per heavy atom. The molecule has 0 radical (unpaired) electrons. The molecule has 1 aromatic rings. The topological polar surface area (TPSA) is 66.5 Å². The van der Waals surface area contributed by atoms with Crippen molar-refractivity contribution in [3.63, 3.8) is 0 Å². The Labute approximate surface area is 118 Å². The van der Waals surface area contributed by atoms with Crippen molar-refractivity contribution in [1.29, 1.82) is 0 Å². The molecule has 1 N–H and O–H groups in total. The lowest BCUT2D eigenvalue weighted by Gasteiger charge is -2.32. The van der Waals surface area contributed by atoms with Crippen molar-refractivity contribution in [2.24, 2.45) is 0 Å². The van der Waals surface area contributed by atoms with Gasteiger partial charge >= 0.3 is 0 Å². The van der Waals surface area contributed by atoms with E-state index in [1.807, 2.05) is 12.1 Å². The fourth-order valence-corrected chi connectivity index (χ4v) is 4.77. The van der Waals surface area contributed by atoms with E-state index in [-0.39, 0.29) is 23.7 Å². The minimum absolute atomic E-state index is 0.112. The molecule has 0 spiro atoms. The predicted molar refractivity (Wildman–Crippen MR) is 75.0 cm³/mol. The highest BCUT2D eigenvalue weighted by atomic mass is 32.2. The van der Waals surface area contributed by atoms with E-state index >= 15 is 0 Å². The molecule has 0 aromatic heterocycles. The molecule has 0 aliphatic carbocycles. The molecular weight excluding hydrogens is 276 g/mol. The van der Waals surface area contributed by atoms with Crippen molar-refractivity contribution >= 4 is 15.7 Å². The molecular formula is C14H18N2O3S. The number of benzene rings is 1. The van der Waals surface area contributed by atoms with Gasteiger partial charge in [0.05, 0.1) is 10.6 Å². The summed E-state index contributed by atoms with van der Waals surface area (Å²) in [7, 11) is -1.39. The summed E-state index contributed by atoms with van der Waals surface area (Å²) in [5, 5.41) is 3.41. The van der Waals surface area contributed by atoms with E-state index in [0.717, 1.165) is 12.0 Å². The molecule has 2 atom stereocenters. The third-order valence-electron chi connectivity index (χ3n) is 4.08.